The maximum atomic E-state index is 15.1. The zero-order valence-electron chi connectivity index (χ0n) is 19.2. The Labute approximate surface area is 196 Å². The molecule has 0 amide bonds. The first-order chi connectivity index (χ1) is 15.5. The molecule has 0 N–H and O–H groups in total. The Kier molecular flexibility index (Phi) is 7.79. The standard InChI is InChI=1S/C25H27FO6S/c1-13-6-14(2)9-18(8-13)23(28)30-12-20-22(21(26)25(33-20)31-17(5)27)32-24(29)19-10-15(3)7-16(4)11-19/h6-11,20-22,25H,12H2,1-5H3/t20-,21+,22-,25?/m1/s1. The molecule has 3 rings (SSSR count). The molecule has 8 heteroatoms. The lowest BCUT2D eigenvalue weighted by atomic mass is 10.1. The number of hydrogen-bond donors (Lipinski definition) is 0. The zero-order chi connectivity index (χ0) is 24.3. The van der Waals surface area contributed by atoms with Crippen LogP contribution in [0.3, 0.4) is 0 Å². The lowest BCUT2D eigenvalue weighted by Crippen LogP contribution is -2.37. The molecule has 6 nitrogen and oxygen atoms in total. The lowest BCUT2D eigenvalue weighted by Gasteiger charge is -2.21. The summed E-state index contributed by atoms with van der Waals surface area (Å²) < 4.78 is 31.1. The van der Waals surface area contributed by atoms with Crippen molar-refractivity contribution in [2.75, 3.05) is 6.61 Å². The molecule has 1 aliphatic heterocycles. The molecule has 4 atom stereocenters. The summed E-state index contributed by atoms with van der Waals surface area (Å²) in [4.78, 5) is 36.7. The van der Waals surface area contributed by atoms with Gasteiger partial charge in [-0.2, -0.15) is 0 Å². The van der Waals surface area contributed by atoms with Crippen molar-refractivity contribution in [2.24, 2.45) is 0 Å². The van der Waals surface area contributed by atoms with Crippen molar-refractivity contribution in [1.82, 2.24) is 0 Å². The van der Waals surface area contributed by atoms with Crippen molar-refractivity contribution < 1.29 is 33.0 Å². The highest BCUT2D eigenvalue weighted by molar-refractivity contribution is 8.00. The van der Waals surface area contributed by atoms with E-state index in [0.717, 1.165) is 34.0 Å². The Morgan fingerprint density at radius 1 is 0.818 bits per heavy atom. The van der Waals surface area contributed by atoms with Crippen LogP contribution in [0.25, 0.3) is 0 Å². The summed E-state index contributed by atoms with van der Waals surface area (Å²) in [5.74, 6) is -1.90. The molecule has 0 bridgehead atoms. The largest absolute Gasteiger partial charge is 0.461 e. The normalized spacial score (nSPS) is 22.0. The van der Waals surface area contributed by atoms with Gasteiger partial charge in [-0.1, -0.05) is 34.4 Å². The topological polar surface area (TPSA) is 78.9 Å². The van der Waals surface area contributed by atoms with Crippen molar-refractivity contribution >= 4 is 29.7 Å². The van der Waals surface area contributed by atoms with Gasteiger partial charge in [0.2, 0.25) is 0 Å². The molecular formula is C25H27FO6S. The number of thioether (sulfide) groups is 1. The molecule has 2 aromatic carbocycles. The van der Waals surface area contributed by atoms with Crippen LogP contribution in [-0.4, -0.2) is 47.5 Å². The predicted octanol–water partition coefficient (Wildman–Crippen LogP) is 4.65. The summed E-state index contributed by atoms with van der Waals surface area (Å²) in [5, 5.41) is -0.742. The summed E-state index contributed by atoms with van der Waals surface area (Å²) in [6.45, 7) is 8.40. The molecule has 1 heterocycles. The van der Waals surface area contributed by atoms with Crippen molar-refractivity contribution in [3.63, 3.8) is 0 Å². The van der Waals surface area contributed by atoms with Crippen molar-refractivity contribution in [3.8, 4) is 0 Å². The smallest absolute Gasteiger partial charge is 0.338 e. The van der Waals surface area contributed by atoms with Crippen LogP contribution < -0.4 is 0 Å². The van der Waals surface area contributed by atoms with Gasteiger partial charge in [-0.15, -0.1) is 11.8 Å². The highest BCUT2D eigenvalue weighted by atomic mass is 32.2. The number of halogens is 1. The molecular weight excluding hydrogens is 447 g/mol. The van der Waals surface area contributed by atoms with Crippen molar-refractivity contribution in [1.29, 1.82) is 0 Å². The average Bonchev–Trinajstić information content (AvgIpc) is 2.99. The Balaban J connectivity index is 1.75. The van der Waals surface area contributed by atoms with Crippen LogP contribution in [0.1, 0.15) is 49.9 Å². The highest BCUT2D eigenvalue weighted by Crippen LogP contribution is 2.39. The van der Waals surface area contributed by atoms with E-state index in [-0.39, 0.29) is 6.61 Å². The SMILES string of the molecule is CC(=O)OC1S[C@H](COC(=O)c2cc(C)cc(C)c2)[C@@H](OC(=O)c2cc(C)cc(C)c2)[C@@H]1F. The van der Waals surface area contributed by atoms with E-state index in [1.807, 2.05) is 39.8 Å². The van der Waals surface area contributed by atoms with Gasteiger partial charge in [0.15, 0.2) is 17.7 Å². The number of ether oxygens (including phenoxy) is 3. The number of benzene rings is 2. The molecule has 1 unspecified atom stereocenters. The number of carbonyl (C=O) groups excluding carboxylic acids is 3. The van der Waals surface area contributed by atoms with Gasteiger partial charge in [-0.3, -0.25) is 4.79 Å². The molecule has 0 aromatic heterocycles. The molecule has 0 spiro atoms. The summed E-state index contributed by atoms with van der Waals surface area (Å²) >= 11 is 0.970. The van der Waals surface area contributed by atoms with Gasteiger partial charge in [-0.25, -0.2) is 14.0 Å². The lowest BCUT2D eigenvalue weighted by molar-refractivity contribution is -0.145. The Hall–Kier alpha value is -2.87. The molecule has 0 saturated carbocycles. The monoisotopic (exact) mass is 474 g/mol. The molecule has 1 saturated heterocycles. The van der Waals surface area contributed by atoms with Crippen LogP contribution in [-0.2, 0) is 19.0 Å². The van der Waals surface area contributed by atoms with Crippen LogP contribution in [0.2, 0.25) is 0 Å². The van der Waals surface area contributed by atoms with E-state index in [1.165, 1.54) is 6.92 Å². The minimum absolute atomic E-state index is 0.209. The van der Waals surface area contributed by atoms with Gasteiger partial charge >= 0.3 is 17.9 Å². The number of alkyl halides is 1. The first-order valence-electron chi connectivity index (χ1n) is 10.5. The van der Waals surface area contributed by atoms with Gasteiger partial charge in [0.05, 0.1) is 16.4 Å². The Morgan fingerprint density at radius 3 is 1.79 bits per heavy atom. The Bertz CT molecular complexity index is 1030. The molecule has 1 fully saturated rings. The molecule has 0 aliphatic carbocycles. The summed E-state index contributed by atoms with van der Waals surface area (Å²) in [6, 6.07) is 10.6. The fourth-order valence-electron chi connectivity index (χ4n) is 3.83. The molecule has 2 aromatic rings. The number of rotatable bonds is 6. The fraction of sp³-hybridized carbons (Fsp3) is 0.400. The Morgan fingerprint density at radius 2 is 1.30 bits per heavy atom. The van der Waals surface area contributed by atoms with E-state index < -0.39 is 40.9 Å². The molecule has 176 valence electrons. The number of carbonyl (C=O) groups is 3. The number of esters is 3. The maximum absolute atomic E-state index is 15.1. The van der Waals surface area contributed by atoms with Crippen molar-refractivity contribution in [2.45, 2.75) is 57.6 Å². The minimum atomic E-state index is -1.77. The van der Waals surface area contributed by atoms with Crippen LogP contribution in [0.15, 0.2) is 36.4 Å². The number of aryl methyl sites for hydroxylation is 4. The average molecular weight is 475 g/mol. The third-order valence-corrected chi connectivity index (χ3v) is 6.45. The second-order valence-corrected chi connectivity index (χ2v) is 9.66. The van der Waals surface area contributed by atoms with E-state index in [1.54, 1.807) is 24.3 Å². The van der Waals surface area contributed by atoms with Gasteiger partial charge in [0, 0.05) is 6.92 Å². The third kappa shape index (κ3) is 6.35. The van der Waals surface area contributed by atoms with E-state index >= 15 is 4.39 Å². The maximum Gasteiger partial charge on any atom is 0.338 e. The van der Waals surface area contributed by atoms with Crippen LogP contribution >= 0.6 is 11.8 Å². The number of hydrogen-bond acceptors (Lipinski definition) is 7. The van der Waals surface area contributed by atoms with Gasteiger partial charge in [0.1, 0.15) is 6.61 Å². The van der Waals surface area contributed by atoms with Gasteiger partial charge in [-0.05, 0) is 52.0 Å². The molecule has 0 radical (unpaired) electrons. The summed E-state index contributed by atoms with van der Waals surface area (Å²) in [6.07, 6.45) is -3.02. The quantitative estimate of drug-likeness (QED) is 0.446. The predicted molar refractivity (Wildman–Crippen MR) is 123 cm³/mol. The molecule has 1 aliphatic rings. The zero-order valence-corrected chi connectivity index (χ0v) is 20.0. The second-order valence-electron chi connectivity index (χ2n) is 8.32. The van der Waals surface area contributed by atoms with E-state index in [9.17, 15) is 14.4 Å². The van der Waals surface area contributed by atoms with Gasteiger partial charge in [0.25, 0.3) is 0 Å². The van der Waals surface area contributed by atoms with Gasteiger partial charge < -0.3 is 14.2 Å². The van der Waals surface area contributed by atoms with E-state index in [0.29, 0.717) is 11.1 Å². The van der Waals surface area contributed by atoms with Crippen LogP contribution in [0.4, 0.5) is 4.39 Å². The fourth-order valence-corrected chi connectivity index (χ4v) is 5.18. The van der Waals surface area contributed by atoms with Crippen LogP contribution in [0, 0.1) is 27.7 Å². The third-order valence-electron chi connectivity index (χ3n) is 5.07. The first-order valence-corrected chi connectivity index (χ1v) is 11.5. The minimum Gasteiger partial charge on any atom is -0.461 e. The molecule has 33 heavy (non-hydrogen) atoms. The first kappa shape index (κ1) is 24.8. The summed E-state index contributed by atoms with van der Waals surface area (Å²) in [7, 11) is 0. The van der Waals surface area contributed by atoms with Crippen molar-refractivity contribution in [3.05, 3.63) is 69.8 Å². The highest BCUT2D eigenvalue weighted by Gasteiger charge is 2.49. The summed E-state index contributed by atoms with van der Waals surface area (Å²) in [5.41, 5.74) is 3.09. The van der Waals surface area contributed by atoms with Crippen LogP contribution in [0.5, 0.6) is 0 Å². The van der Waals surface area contributed by atoms with E-state index in [2.05, 4.69) is 0 Å². The van der Waals surface area contributed by atoms with E-state index in [4.69, 9.17) is 14.2 Å². The second kappa shape index (κ2) is 10.4.